The number of hydrogen-bond donors (Lipinski definition) is 2. The van der Waals surface area contributed by atoms with Crippen LogP contribution in [0, 0.1) is 0 Å². The minimum atomic E-state index is 0.160. The number of phenolic OH excluding ortho intramolecular Hbond substituents is 1. The van der Waals surface area contributed by atoms with Gasteiger partial charge in [-0.2, -0.15) is 0 Å². The zero-order valence-corrected chi connectivity index (χ0v) is 11.7. The fraction of sp³-hybridized carbons (Fsp3) is 0.533. The fourth-order valence-electron chi connectivity index (χ4n) is 2.42. The Morgan fingerprint density at radius 3 is 2.68 bits per heavy atom. The van der Waals surface area contributed by atoms with E-state index in [1.54, 1.807) is 12.3 Å². The van der Waals surface area contributed by atoms with E-state index in [4.69, 9.17) is 5.73 Å². The molecule has 0 spiro atoms. The number of benzene rings is 1. The van der Waals surface area contributed by atoms with Crippen LogP contribution >= 0.6 is 0 Å². The molecule has 4 heteroatoms. The van der Waals surface area contributed by atoms with Crippen molar-refractivity contribution >= 4 is 11.9 Å². The van der Waals surface area contributed by atoms with E-state index in [9.17, 15) is 5.11 Å². The van der Waals surface area contributed by atoms with Crippen LogP contribution in [-0.2, 0) is 0 Å². The van der Waals surface area contributed by atoms with Crippen LogP contribution in [0.3, 0.4) is 0 Å². The first-order chi connectivity index (χ1) is 9.08. The summed E-state index contributed by atoms with van der Waals surface area (Å²) in [5.74, 6) is 0.263. The van der Waals surface area contributed by atoms with Gasteiger partial charge < -0.3 is 15.7 Å². The van der Waals surface area contributed by atoms with Crippen molar-refractivity contribution in [2.24, 2.45) is 10.7 Å². The molecule has 1 aliphatic rings. The largest absolute Gasteiger partial charge is 0.507 e. The number of aromatic hydroxyl groups is 1. The summed E-state index contributed by atoms with van der Waals surface area (Å²) >= 11 is 0. The van der Waals surface area contributed by atoms with Crippen molar-refractivity contribution in [3.05, 3.63) is 23.8 Å². The summed E-state index contributed by atoms with van der Waals surface area (Å²) < 4.78 is 0. The van der Waals surface area contributed by atoms with Crippen molar-refractivity contribution in [2.75, 3.05) is 19.0 Å². The van der Waals surface area contributed by atoms with Crippen LogP contribution in [0.1, 0.15) is 31.2 Å². The minimum absolute atomic E-state index is 0.160. The maximum absolute atomic E-state index is 9.99. The molecule has 19 heavy (non-hydrogen) atoms. The number of phenols is 1. The molecule has 0 aliphatic heterocycles. The first-order valence-corrected chi connectivity index (χ1v) is 6.87. The Kier molecular flexibility index (Phi) is 4.43. The molecule has 4 nitrogen and oxygen atoms in total. The Bertz CT molecular complexity index is 457. The number of anilines is 1. The number of aliphatic imine (C=N–C) groups is 1. The molecular formula is C15H23N3O. The van der Waals surface area contributed by atoms with Gasteiger partial charge >= 0.3 is 0 Å². The predicted molar refractivity (Wildman–Crippen MR) is 80.3 cm³/mol. The molecule has 2 atom stereocenters. The standard InChI is InChI=1S/C15H23N3O/c1-18(2)12-8-7-11(15(19)9-12)10-17-14-6-4-3-5-13(14)16/h7-10,13-14,19H,3-6,16H2,1-2H3/b17-10+/t13-,14-/m1/s1. The molecule has 0 amide bonds. The zero-order chi connectivity index (χ0) is 13.8. The third-order valence-electron chi connectivity index (χ3n) is 3.72. The number of nitrogens with zero attached hydrogens (tertiary/aromatic N) is 2. The molecule has 1 fully saturated rings. The van der Waals surface area contributed by atoms with E-state index in [0.717, 1.165) is 24.1 Å². The molecule has 0 unspecified atom stereocenters. The van der Waals surface area contributed by atoms with Crippen LogP contribution in [0.15, 0.2) is 23.2 Å². The van der Waals surface area contributed by atoms with Gasteiger partial charge in [0.05, 0.1) is 6.04 Å². The van der Waals surface area contributed by atoms with Gasteiger partial charge in [0.15, 0.2) is 0 Å². The van der Waals surface area contributed by atoms with Gasteiger partial charge in [-0.05, 0) is 25.0 Å². The van der Waals surface area contributed by atoms with Crippen molar-refractivity contribution in [3.8, 4) is 5.75 Å². The molecule has 0 heterocycles. The lowest BCUT2D eigenvalue weighted by Crippen LogP contribution is -2.36. The van der Waals surface area contributed by atoms with E-state index in [2.05, 4.69) is 4.99 Å². The second-order valence-electron chi connectivity index (χ2n) is 5.43. The van der Waals surface area contributed by atoms with Crippen LogP contribution in [0.2, 0.25) is 0 Å². The molecule has 1 saturated carbocycles. The lowest BCUT2D eigenvalue weighted by atomic mass is 9.91. The van der Waals surface area contributed by atoms with Gasteiger partial charge in [0.1, 0.15) is 5.75 Å². The summed E-state index contributed by atoms with van der Waals surface area (Å²) in [6.45, 7) is 0. The Morgan fingerprint density at radius 2 is 2.05 bits per heavy atom. The predicted octanol–water partition coefficient (Wildman–Crippen LogP) is 2.15. The third-order valence-corrected chi connectivity index (χ3v) is 3.72. The Labute approximate surface area is 114 Å². The highest BCUT2D eigenvalue weighted by atomic mass is 16.3. The van der Waals surface area contributed by atoms with Gasteiger partial charge in [0.2, 0.25) is 0 Å². The SMILES string of the molecule is CN(C)c1ccc(/C=N/[C@@H]2CCCC[C@H]2N)c(O)c1. The zero-order valence-electron chi connectivity index (χ0n) is 11.7. The molecule has 1 aliphatic carbocycles. The number of nitrogens with two attached hydrogens (primary N) is 1. The summed E-state index contributed by atoms with van der Waals surface area (Å²) in [4.78, 5) is 6.50. The summed E-state index contributed by atoms with van der Waals surface area (Å²) in [5.41, 5.74) is 7.79. The summed E-state index contributed by atoms with van der Waals surface area (Å²) in [7, 11) is 3.90. The van der Waals surface area contributed by atoms with Crippen molar-refractivity contribution in [1.82, 2.24) is 0 Å². The summed E-state index contributed by atoms with van der Waals surface area (Å²) in [6.07, 6.45) is 6.25. The second-order valence-corrected chi connectivity index (χ2v) is 5.43. The highest BCUT2D eigenvalue weighted by Crippen LogP contribution is 2.23. The minimum Gasteiger partial charge on any atom is -0.507 e. The second kappa shape index (κ2) is 6.06. The van der Waals surface area contributed by atoms with Crippen molar-refractivity contribution in [1.29, 1.82) is 0 Å². The van der Waals surface area contributed by atoms with Crippen molar-refractivity contribution in [2.45, 2.75) is 37.8 Å². The van der Waals surface area contributed by atoms with E-state index < -0.39 is 0 Å². The first kappa shape index (κ1) is 13.9. The molecule has 3 N–H and O–H groups in total. The van der Waals surface area contributed by atoms with E-state index in [1.807, 2.05) is 31.1 Å². The molecule has 0 radical (unpaired) electrons. The van der Waals surface area contributed by atoms with Crippen LogP contribution in [0.4, 0.5) is 5.69 Å². The molecule has 2 rings (SSSR count). The van der Waals surface area contributed by atoms with Crippen molar-refractivity contribution in [3.63, 3.8) is 0 Å². The molecule has 0 bridgehead atoms. The average molecular weight is 261 g/mol. The van der Waals surface area contributed by atoms with Gasteiger partial charge in [0, 0.05) is 43.7 Å². The molecule has 1 aromatic rings. The van der Waals surface area contributed by atoms with E-state index in [0.29, 0.717) is 0 Å². The summed E-state index contributed by atoms with van der Waals surface area (Å²) in [6, 6.07) is 5.97. The van der Waals surface area contributed by atoms with Gasteiger partial charge in [-0.15, -0.1) is 0 Å². The lowest BCUT2D eigenvalue weighted by molar-refractivity contribution is 0.387. The number of hydrogen-bond acceptors (Lipinski definition) is 4. The van der Waals surface area contributed by atoms with Crippen LogP contribution in [-0.4, -0.2) is 37.5 Å². The van der Waals surface area contributed by atoms with Gasteiger partial charge in [0.25, 0.3) is 0 Å². The van der Waals surface area contributed by atoms with Crippen LogP contribution in [0.25, 0.3) is 0 Å². The number of rotatable bonds is 3. The Balaban J connectivity index is 2.10. The topological polar surface area (TPSA) is 61.8 Å². The van der Waals surface area contributed by atoms with Crippen LogP contribution < -0.4 is 10.6 Å². The third kappa shape index (κ3) is 3.47. The molecule has 0 saturated heterocycles. The van der Waals surface area contributed by atoms with E-state index in [1.165, 1.54) is 12.8 Å². The van der Waals surface area contributed by atoms with E-state index >= 15 is 0 Å². The maximum Gasteiger partial charge on any atom is 0.126 e. The van der Waals surface area contributed by atoms with Crippen LogP contribution in [0.5, 0.6) is 5.75 Å². The molecular weight excluding hydrogens is 238 g/mol. The smallest absolute Gasteiger partial charge is 0.126 e. The van der Waals surface area contributed by atoms with Gasteiger partial charge in [-0.3, -0.25) is 4.99 Å². The quantitative estimate of drug-likeness (QED) is 0.820. The van der Waals surface area contributed by atoms with E-state index in [-0.39, 0.29) is 17.8 Å². The lowest BCUT2D eigenvalue weighted by Gasteiger charge is -2.25. The Hall–Kier alpha value is -1.55. The first-order valence-electron chi connectivity index (χ1n) is 6.87. The highest BCUT2D eigenvalue weighted by molar-refractivity contribution is 5.84. The van der Waals surface area contributed by atoms with Gasteiger partial charge in [-0.1, -0.05) is 12.8 Å². The molecule has 0 aromatic heterocycles. The molecule has 104 valence electrons. The average Bonchev–Trinajstić information content (AvgIpc) is 2.39. The van der Waals surface area contributed by atoms with Crippen molar-refractivity contribution < 1.29 is 5.11 Å². The molecule has 1 aromatic carbocycles. The highest BCUT2D eigenvalue weighted by Gasteiger charge is 2.20. The Morgan fingerprint density at radius 1 is 1.32 bits per heavy atom. The van der Waals surface area contributed by atoms with Gasteiger partial charge in [-0.25, -0.2) is 0 Å². The fourth-order valence-corrected chi connectivity index (χ4v) is 2.42. The summed E-state index contributed by atoms with van der Waals surface area (Å²) in [5, 5.41) is 9.99. The normalized spacial score (nSPS) is 23.7. The maximum atomic E-state index is 9.99. The monoisotopic (exact) mass is 261 g/mol.